The molecule has 0 saturated carbocycles. The molecule has 5 nitrogen and oxygen atoms in total. The summed E-state index contributed by atoms with van der Waals surface area (Å²) in [4.78, 5) is 11.9. The number of esters is 1. The van der Waals surface area contributed by atoms with Gasteiger partial charge in [-0.1, -0.05) is 30.3 Å². The molecule has 2 atom stereocenters. The van der Waals surface area contributed by atoms with Gasteiger partial charge < -0.3 is 9.47 Å². The van der Waals surface area contributed by atoms with E-state index in [2.05, 4.69) is 12.1 Å². The lowest BCUT2D eigenvalue weighted by Crippen LogP contribution is -2.44. The van der Waals surface area contributed by atoms with Gasteiger partial charge in [-0.2, -0.15) is 0 Å². The molecule has 0 spiro atoms. The Balaban J connectivity index is 1.91. The summed E-state index contributed by atoms with van der Waals surface area (Å²) in [5, 5.41) is 1.94. The van der Waals surface area contributed by atoms with Crippen LogP contribution in [0, 0.1) is 5.92 Å². The van der Waals surface area contributed by atoms with Crippen molar-refractivity contribution in [1.82, 2.24) is 5.01 Å². The Morgan fingerprint density at radius 3 is 2.65 bits per heavy atom. The minimum Gasteiger partial charge on any atom is -0.496 e. The summed E-state index contributed by atoms with van der Waals surface area (Å²) in [7, 11) is 3.05. The van der Waals surface area contributed by atoms with Crippen molar-refractivity contribution in [2.45, 2.75) is 25.3 Å². The standard InChI is InChI=1S/C21H26N2O3/c1-25-19-11-10-17(21(24)26-2)14-18(19)13-16-9-6-12-23(22)20(16)15-7-4-3-5-8-15/h3-5,7-8,10-11,14,16,20H,6,9,12-13,22H2,1-2H3/t16-,20+/m0/s1. The number of ether oxygens (including phenoxy) is 2. The van der Waals surface area contributed by atoms with Gasteiger partial charge in [-0.15, -0.1) is 0 Å². The number of hydrogen-bond donors (Lipinski definition) is 1. The molecule has 0 radical (unpaired) electrons. The Morgan fingerprint density at radius 2 is 1.96 bits per heavy atom. The molecule has 0 amide bonds. The van der Waals surface area contributed by atoms with Crippen LogP contribution in [-0.2, 0) is 11.2 Å². The highest BCUT2D eigenvalue weighted by atomic mass is 16.5. The Morgan fingerprint density at radius 1 is 1.19 bits per heavy atom. The van der Waals surface area contributed by atoms with Crippen molar-refractivity contribution in [3.8, 4) is 5.75 Å². The molecule has 138 valence electrons. The summed E-state index contributed by atoms with van der Waals surface area (Å²) in [6, 6.07) is 16.0. The van der Waals surface area contributed by atoms with Crippen LogP contribution >= 0.6 is 0 Å². The maximum absolute atomic E-state index is 11.9. The lowest BCUT2D eigenvalue weighted by molar-refractivity contribution is 0.0600. The Hall–Kier alpha value is -2.37. The average molecular weight is 354 g/mol. The summed E-state index contributed by atoms with van der Waals surface area (Å²) in [6.45, 7) is 0.884. The van der Waals surface area contributed by atoms with Gasteiger partial charge in [0.15, 0.2) is 0 Å². The number of piperidine rings is 1. The number of carbonyl (C=O) groups is 1. The third-order valence-electron chi connectivity index (χ3n) is 5.12. The Bertz CT molecular complexity index is 748. The molecule has 3 rings (SSSR count). The van der Waals surface area contributed by atoms with Crippen LogP contribution in [-0.4, -0.2) is 31.7 Å². The first-order valence-electron chi connectivity index (χ1n) is 8.95. The van der Waals surface area contributed by atoms with Crippen molar-refractivity contribution in [3.63, 3.8) is 0 Å². The van der Waals surface area contributed by atoms with Crippen molar-refractivity contribution < 1.29 is 14.3 Å². The van der Waals surface area contributed by atoms with Crippen LogP contribution in [0.5, 0.6) is 5.75 Å². The zero-order chi connectivity index (χ0) is 18.5. The molecule has 0 aliphatic carbocycles. The highest BCUT2D eigenvalue weighted by molar-refractivity contribution is 5.89. The van der Waals surface area contributed by atoms with E-state index in [1.807, 2.05) is 35.3 Å². The van der Waals surface area contributed by atoms with E-state index in [1.165, 1.54) is 12.7 Å². The first-order valence-corrected chi connectivity index (χ1v) is 8.95. The van der Waals surface area contributed by atoms with E-state index in [4.69, 9.17) is 15.3 Å². The molecule has 0 aromatic heterocycles. The number of rotatable bonds is 5. The molecule has 5 heteroatoms. The van der Waals surface area contributed by atoms with Crippen LogP contribution in [0.2, 0.25) is 0 Å². The van der Waals surface area contributed by atoms with Crippen LogP contribution < -0.4 is 10.6 Å². The summed E-state index contributed by atoms with van der Waals surface area (Å²) in [6.07, 6.45) is 2.93. The maximum Gasteiger partial charge on any atom is 0.337 e. The first-order chi connectivity index (χ1) is 12.6. The highest BCUT2D eigenvalue weighted by Crippen LogP contribution is 2.37. The number of nitrogens with two attached hydrogens (primary N) is 1. The molecule has 1 saturated heterocycles. The molecule has 2 N–H and O–H groups in total. The number of methoxy groups -OCH3 is 2. The normalized spacial score (nSPS) is 20.6. The highest BCUT2D eigenvalue weighted by Gasteiger charge is 2.31. The zero-order valence-corrected chi connectivity index (χ0v) is 15.4. The van der Waals surface area contributed by atoms with Crippen molar-refractivity contribution in [1.29, 1.82) is 0 Å². The molecular weight excluding hydrogens is 328 g/mol. The molecule has 0 unspecified atom stereocenters. The quantitative estimate of drug-likeness (QED) is 0.659. The van der Waals surface area contributed by atoms with Gasteiger partial charge in [0.1, 0.15) is 5.75 Å². The molecule has 1 aliphatic rings. The summed E-state index contributed by atoms with van der Waals surface area (Å²) in [5.41, 5.74) is 2.78. The zero-order valence-electron chi connectivity index (χ0n) is 15.4. The average Bonchev–Trinajstić information content (AvgIpc) is 2.68. The van der Waals surface area contributed by atoms with Gasteiger partial charge in [-0.05, 0) is 54.5 Å². The van der Waals surface area contributed by atoms with Crippen LogP contribution in [0.4, 0.5) is 0 Å². The molecule has 1 fully saturated rings. The summed E-state index contributed by atoms with van der Waals surface area (Å²) < 4.78 is 10.4. The molecular formula is C21H26N2O3. The van der Waals surface area contributed by atoms with Crippen LogP contribution in [0.1, 0.15) is 40.4 Å². The van der Waals surface area contributed by atoms with E-state index >= 15 is 0 Å². The minimum atomic E-state index is -0.336. The topological polar surface area (TPSA) is 64.8 Å². The van der Waals surface area contributed by atoms with Crippen molar-refractivity contribution >= 4 is 5.97 Å². The number of nitrogens with zero attached hydrogens (tertiary/aromatic N) is 1. The van der Waals surface area contributed by atoms with Gasteiger partial charge in [-0.25, -0.2) is 9.80 Å². The Kier molecular flexibility index (Phi) is 5.91. The third-order valence-corrected chi connectivity index (χ3v) is 5.12. The predicted octanol–water partition coefficient (Wildman–Crippen LogP) is 3.35. The van der Waals surface area contributed by atoms with Gasteiger partial charge in [0.05, 0.1) is 25.8 Å². The molecule has 26 heavy (non-hydrogen) atoms. The monoisotopic (exact) mass is 354 g/mol. The Labute approximate surface area is 154 Å². The van der Waals surface area contributed by atoms with Gasteiger partial charge in [0.2, 0.25) is 0 Å². The van der Waals surface area contributed by atoms with Crippen molar-refractivity contribution in [2.24, 2.45) is 11.8 Å². The predicted molar refractivity (Wildman–Crippen MR) is 101 cm³/mol. The second kappa shape index (κ2) is 8.34. The molecule has 1 heterocycles. The van der Waals surface area contributed by atoms with Gasteiger partial charge >= 0.3 is 5.97 Å². The fourth-order valence-corrected chi connectivity index (χ4v) is 3.90. The lowest BCUT2D eigenvalue weighted by Gasteiger charge is -2.39. The van der Waals surface area contributed by atoms with Crippen molar-refractivity contribution in [2.75, 3.05) is 20.8 Å². The number of benzene rings is 2. The SMILES string of the molecule is COC(=O)c1ccc(OC)c(C[C@@H]2CCCN(N)[C@@H]2c2ccccc2)c1. The van der Waals surface area contributed by atoms with E-state index in [-0.39, 0.29) is 12.0 Å². The summed E-state index contributed by atoms with van der Waals surface area (Å²) >= 11 is 0. The van der Waals surface area contributed by atoms with Crippen molar-refractivity contribution in [3.05, 3.63) is 65.2 Å². The third kappa shape index (κ3) is 3.89. The lowest BCUT2D eigenvalue weighted by atomic mass is 9.81. The van der Waals surface area contributed by atoms with Crippen LogP contribution in [0.15, 0.2) is 48.5 Å². The van der Waals surface area contributed by atoms with E-state index in [1.54, 1.807) is 13.2 Å². The number of hydrazine groups is 1. The van der Waals surface area contributed by atoms with E-state index in [9.17, 15) is 4.79 Å². The second-order valence-electron chi connectivity index (χ2n) is 6.72. The fourth-order valence-electron chi connectivity index (χ4n) is 3.90. The summed E-state index contributed by atoms with van der Waals surface area (Å²) in [5.74, 6) is 7.15. The maximum atomic E-state index is 11.9. The van der Waals surface area contributed by atoms with Gasteiger partial charge in [0, 0.05) is 6.54 Å². The molecule has 1 aliphatic heterocycles. The number of carbonyl (C=O) groups excluding carboxylic acids is 1. The fraction of sp³-hybridized carbons (Fsp3) is 0.381. The van der Waals surface area contributed by atoms with Crippen LogP contribution in [0.25, 0.3) is 0 Å². The van der Waals surface area contributed by atoms with Gasteiger partial charge in [-0.3, -0.25) is 5.84 Å². The van der Waals surface area contributed by atoms with E-state index in [0.717, 1.165) is 37.1 Å². The minimum absolute atomic E-state index is 0.149. The van der Waals surface area contributed by atoms with Gasteiger partial charge in [0.25, 0.3) is 0 Å². The first kappa shape index (κ1) is 18.4. The molecule has 2 aromatic carbocycles. The van der Waals surface area contributed by atoms with E-state index < -0.39 is 0 Å². The molecule has 2 aromatic rings. The number of hydrogen-bond acceptors (Lipinski definition) is 5. The van der Waals surface area contributed by atoms with Crippen LogP contribution in [0.3, 0.4) is 0 Å². The second-order valence-corrected chi connectivity index (χ2v) is 6.72. The molecule has 0 bridgehead atoms. The largest absolute Gasteiger partial charge is 0.496 e. The van der Waals surface area contributed by atoms with E-state index in [0.29, 0.717) is 11.5 Å². The smallest absolute Gasteiger partial charge is 0.337 e.